The third kappa shape index (κ3) is 3.35. The molecule has 0 saturated carbocycles. The maximum atomic E-state index is 3.93. The van der Waals surface area contributed by atoms with Crippen LogP contribution in [0.15, 0.2) is 23.3 Å². The van der Waals surface area contributed by atoms with Gasteiger partial charge in [0.2, 0.25) is 0 Å². The van der Waals surface area contributed by atoms with Crippen molar-refractivity contribution in [2.24, 2.45) is 0 Å². The molecule has 0 fully saturated rings. The molecule has 1 aliphatic heterocycles. The van der Waals surface area contributed by atoms with Gasteiger partial charge in [-0.3, -0.25) is 4.90 Å². The van der Waals surface area contributed by atoms with Gasteiger partial charge in [-0.05, 0) is 33.6 Å². The Bertz CT molecular complexity index is 225. The van der Waals surface area contributed by atoms with Crippen molar-refractivity contribution in [2.75, 3.05) is 19.6 Å². The Morgan fingerprint density at radius 2 is 2.08 bits per heavy atom. The van der Waals surface area contributed by atoms with Crippen LogP contribution in [0.1, 0.15) is 33.6 Å². The van der Waals surface area contributed by atoms with Crippen molar-refractivity contribution in [3.05, 3.63) is 23.3 Å². The lowest BCUT2D eigenvalue weighted by Crippen LogP contribution is -2.31. The summed E-state index contributed by atoms with van der Waals surface area (Å²) in [6.07, 6.45) is 2.40. The second-order valence-corrected chi connectivity index (χ2v) is 4.29. The monoisotopic (exact) mass is 179 g/mol. The van der Waals surface area contributed by atoms with Gasteiger partial charge in [-0.2, -0.15) is 0 Å². The molecule has 0 radical (unpaired) electrons. The van der Waals surface area contributed by atoms with E-state index in [9.17, 15) is 0 Å². The fourth-order valence-electron chi connectivity index (χ4n) is 1.63. The summed E-state index contributed by atoms with van der Waals surface area (Å²) in [5.74, 6) is 0. The first-order valence-corrected chi connectivity index (χ1v) is 5.11. The minimum absolute atomic E-state index is 1.15. The van der Waals surface area contributed by atoms with E-state index in [-0.39, 0.29) is 0 Å². The molecule has 1 heteroatoms. The quantitative estimate of drug-likeness (QED) is 0.602. The van der Waals surface area contributed by atoms with Crippen molar-refractivity contribution in [3.63, 3.8) is 0 Å². The first kappa shape index (κ1) is 10.5. The summed E-state index contributed by atoms with van der Waals surface area (Å²) in [5.41, 5.74) is 4.45. The van der Waals surface area contributed by atoms with Crippen molar-refractivity contribution in [2.45, 2.75) is 33.6 Å². The van der Waals surface area contributed by atoms with Gasteiger partial charge in [-0.25, -0.2) is 0 Å². The Kier molecular flexibility index (Phi) is 3.73. The van der Waals surface area contributed by atoms with Crippen LogP contribution in [-0.4, -0.2) is 24.5 Å². The highest BCUT2D eigenvalue weighted by Crippen LogP contribution is 2.17. The topological polar surface area (TPSA) is 3.24 Å². The lowest BCUT2D eigenvalue weighted by molar-refractivity contribution is 0.289. The smallest absolute Gasteiger partial charge is 0.0192 e. The van der Waals surface area contributed by atoms with Crippen molar-refractivity contribution in [3.8, 4) is 0 Å². The Labute approximate surface area is 82.1 Å². The van der Waals surface area contributed by atoms with Crippen LogP contribution >= 0.6 is 0 Å². The van der Waals surface area contributed by atoms with E-state index < -0.39 is 0 Å². The zero-order valence-corrected chi connectivity index (χ0v) is 9.19. The summed E-state index contributed by atoms with van der Waals surface area (Å²) in [4.78, 5) is 2.52. The molecule has 0 saturated heterocycles. The zero-order valence-electron chi connectivity index (χ0n) is 9.19. The second-order valence-electron chi connectivity index (χ2n) is 4.29. The van der Waals surface area contributed by atoms with E-state index in [2.05, 4.69) is 32.3 Å². The number of nitrogens with zero attached hydrogens (tertiary/aromatic N) is 1. The van der Waals surface area contributed by atoms with Gasteiger partial charge in [-0.1, -0.05) is 16.7 Å². The Balaban J connectivity index is 2.36. The molecule has 0 N–H and O–H groups in total. The van der Waals surface area contributed by atoms with E-state index in [1.165, 1.54) is 31.6 Å². The lowest BCUT2D eigenvalue weighted by atomic mass is 10.0. The zero-order chi connectivity index (χ0) is 9.84. The van der Waals surface area contributed by atoms with E-state index >= 15 is 0 Å². The van der Waals surface area contributed by atoms with Crippen LogP contribution in [-0.2, 0) is 0 Å². The van der Waals surface area contributed by atoms with Gasteiger partial charge in [0, 0.05) is 19.6 Å². The van der Waals surface area contributed by atoms with Crippen molar-refractivity contribution in [1.29, 1.82) is 0 Å². The van der Waals surface area contributed by atoms with Crippen LogP contribution in [0.3, 0.4) is 0 Å². The molecule has 0 unspecified atom stereocenters. The summed E-state index contributed by atoms with van der Waals surface area (Å²) in [6, 6.07) is 0. The molecule has 0 spiro atoms. The van der Waals surface area contributed by atoms with Gasteiger partial charge < -0.3 is 0 Å². The van der Waals surface area contributed by atoms with E-state index in [0.29, 0.717) is 0 Å². The van der Waals surface area contributed by atoms with Gasteiger partial charge in [0.15, 0.2) is 0 Å². The van der Waals surface area contributed by atoms with E-state index in [0.717, 1.165) is 6.42 Å². The first-order chi connectivity index (χ1) is 6.09. The molecule has 0 atom stereocenters. The molecule has 74 valence electrons. The van der Waals surface area contributed by atoms with E-state index in [1.54, 1.807) is 11.1 Å². The highest BCUT2D eigenvalue weighted by atomic mass is 15.1. The standard InChI is InChI=1S/C12H21N/c1-10(2)5-7-13-8-6-11(3)12(4)9-13/h1,5-9H2,2-4H3. The average molecular weight is 179 g/mol. The van der Waals surface area contributed by atoms with Crippen molar-refractivity contribution < 1.29 is 0 Å². The van der Waals surface area contributed by atoms with Crippen molar-refractivity contribution >= 4 is 0 Å². The molecule has 1 rings (SSSR count). The van der Waals surface area contributed by atoms with E-state index in [1.807, 2.05) is 0 Å². The Hall–Kier alpha value is -0.560. The highest BCUT2D eigenvalue weighted by Gasteiger charge is 2.12. The largest absolute Gasteiger partial charge is 0.299 e. The molecule has 1 heterocycles. The predicted octanol–water partition coefficient (Wildman–Crippen LogP) is 2.99. The molecule has 0 bridgehead atoms. The van der Waals surface area contributed by atoms with Gasteiger partial charge in [0.1, 0.15) is 0 Å². The third-order valence-electron chi connectivity index (χ3n) is 2.85. The fourth-order valence-corrected chi connectivity index (χ4v) is 1.63. The lowest BCUT2D eigenvalue weighted by Gasteiger charge is -2.28. The first-order valence-electron chi connectivity index (χ1n) is 5.11. The summed E-state index contributed by atoms with van der Waals surface area (Å²) in [7, 11) is 0. The van der Waals surface area contributed by atoms with Crippen LogP contribution in [0.4, 0.5) is 0 Å². The van der Waals surface area contributed by atoms with Crippen LogP contribution in [0.25, 0.3) is 0 Å². The van der Waals surface area contributed by atoms with Crippen LogP contribution < -0.4 is 0 Å². The Morgan fingerprint density at radius 1 is 1.38 bits per heavy atom. The van der Waals surface area contributed by atoms with E-state index in [4.69, 9.17) is 0 Å². The van der Waals surface area contributed by atoms with Crippen LogP contribution in [0.5, 0.6) is 0 Å². The maximum absolute atomic E-state index is 3.93. The number of hydrogen-bond donors (Lipinski definition) is 0. The molecule has 0 aliphatic carbocycles. The van der Waals surface area contributed by atoms with Gasteiger partial charge in [0.25, 0.3) is 0 Å². The third-order valence-corrected chi connectivity index (χ3v) is 2.85. The Morgan fingerprint density at radius 3 is 2.62 bits per heavy atom. The molecule has 1 nitrogen and oxygen atoms in total. The van der Waals surface area contributed by atoms with Crippen LogP contribution in [0, 0.1) is 0 Å². The van der Waals surface area contributed by atoms with Crippen molar-refractivity contribution in [1.82, 2.24) is 4.90 Å². The molecule has 0 amide bonds. The van der Waals surface area contributed by atoms with Gasteiger partial charge >= 0.3 is 0 Å². The highest BCUT2D eigenvalue weighted by molar-refractivity contribution is 5.14. The average Bonchev–Trinajstić information content (AvgIpc) is 2.07. The molecule has 0 aromatic carbocycles. The summed E-state index contributed by atoms with van der Waals surface area (Å²) >= 11 is 0. The fraction of sp³-hybridized carbons (Fsp3) is 0.667. The molecule has 0 aromatic heterocycles. The summed E-state index contributed by atoms with van der Waals surface area (Å²) in [6.45, 7) is 14.1. The van der Waals surface area contributed by atoms with Crippen LogP contribution in [0.2, 0.25) is 0 Å². The minimum Gasteiger partial charge on any atom is -0.299 e. The second kappa shape index (κ2) is 4.61. The molecular weight excluding hydrogens is 158 g/mol. The minimum atomic E-state index is 1.15. The summed E-state index contributed by atoms with van der Waals surface area (Å²) in [5, 5.41) is 0. The van der Waals surface area contributed by atoms with Gasteiger partial charge in [0.05, 0.1) is 0 Å². The summed E-state index contributed by atoms with van der Waals surface area (Å²) < 4.78 is 0. The van der Waals surface area contributed by atoms with Gasteiger partial charge in [-0.15, -0.1) is 6.58 Å². The number of rotatable bonds is 3. The molecule has 13 heavy (non-hydrogen) atoms. The number of hydrogen-bond acceptors (Lipinski definition) is 1. The SMILES string of the molecule is C=C(C)CCN1CCC(C)=C(C)C1. The molecule has 1 aliphatic rings. The molecule has 0 aromatic rings. The molecular formula is C12H21N. The predicted molar refractivity (Wildman–Crippen MR) is 58.9 cm³/mol. The normalized spacial score (nSPS) is 19.3. The maximum Gasteiger partial charge on any atom is 0.0192 e.